The molecule has 3 N–H and O–H groups in total. The molecule has 1 saturated heterocycles. The summed E-state index contributed by atoms with van der Waals surface area (Å²) in [7, 11) is 0. The van der Waals surface area contributed by atoms with Crippen LogP contribution in [0.5, 0.6) is 0 Å². The summed E-state index contributed by atoms with van der Waals surface area (Å²) in [6.07, 6.45) is 7.29. The number of aromatic amines is 1. The van der Waals surface area contributed by atoms with Crippen molar-refractivity contribution in [3.05, 3.63) is 71.9 Å². The van der Waals surface area contributed by atoms with Crippen molar-refractivity contribution in [2.24, 2.45) is 5.92 Å². The van der Waals surface area contributed by atoms with Crippen molar-refractivity contribution in [1.82, 2.24) is 20.5 Å². The first-order valence-electron chi connectivity index (χ1n) is 12.6. The fraction of sp³-hybridized carbons (Fsp3) is 0.393. The molecule has 2 heterocycles. The molecular formula is C28H32N4O3. The van der Waals surface area contributed by atoms with Gasteiger partial charge >= 0.3 is 0 Å². The van der Waals surface area contributed by atoms with Crippen LogP contribution in [0.25, 0.3) is 10.9 Å². The molecule has 2 atom stereocenters. The van der Waals surface area contributed by atoms with E-state index in [1.165, 1.54) is 0 Å². The molecule has 0 spiro atoms. The molecule has 2 aliphatic rings. The Labute approximate surface area is 205 Å². The highest BCUT2D eigenvalue weighted by Crippen LogP contribution is 2.31. The zero-order chi connectivity index (χ0) is 24.2. The van der Waals surface area contributed by atoms with Crippen LogP contribution in [0.4, 0.5) is 0 Å². The first-order chi connectivity index (χ1) is 17.1. The SMILES string of the molecule is O=C1CN(C(C(=O)NCc2ccccc2)C2CCCCC2)C(=O)[C@@H](Cc2c[nH]c3ccccc23)N1. The Hall–Kier alpha value is -3.61. The smallest absolute Gasteiger partial charge is 0.246 e. The van der Waals surface area contributed by atoms with Gasteiger partial charge in [0.25, 0.3) is 0 Å². The number of amides is 3. The molecule has 0 radical (unpaired) electrons. The van der Waals surface area contributed by atoms with Crippen LogP contribution >= 0.6 is 0 Å². The zero-order valence-corrected chi connectivity index (χ0v) is 19.8. The van der Waals surface area contributed by atoms with Crippen LogP contribution in [0, 0.1) is 5.92 Å². The van der Waals surface area contributed by atoms with E-state index in [0.717, 1.165) is 54.1 Å². The first kappa shape index (κ1) is 23.1. The van der Waals surface area contributed by atoms with Gasteiger partial charge in [0.2, 0.25) is 17.7 Å². The van der Waals surface area contributed by atoms with E-state index in [2.05, 4.69) is 15.6 Å². The largest absolute Gasteiger partial charge is 0.361 e. The van der Waals surface area contributed by atoms with Crippen LogP contribution in [0.3, 0.4) is 0 Å². The van der Waals surface area contributed by atoms with Gasteiger partial charge in [0.1, 0.15) is 18.6 Å². The number of rotatable bonds is 7. The van der Waals surface area contributed by atoms with Crippen LogP contribution in [-0.2, 0) is 27.3 Å². The van der Waals surface area contributed by atoms with Gasteiger partial charge in [-0.2, -0.15) is 0 Å². The van der Waals surface area contributed by atoms with Crippen molar-refractivity contribution in [1.29, 1.82) is 0 Å². The minimum absolute atomic E-state index is 0.0584. The minimum Gasteiger partial charge on any atom is -0.361 e. The number of carbonyl (C=O) groups is 3. The summed E-state index contributed by atoms with van der Waals surface area (Å²) in [6, 6.07) is 16.3. The Morgan fingerprint density at radius 3 is 2.54 bits per heavy atom. The molecule has 1 aliphatic carbocycles. The van der Waals surface area contributed by atoms with Gasteiger partial charge in [-0.05, 0) is 36.0 Å². The zero-order valence-electron chi connectivity index (χ0n) is 19.8. The lowest BCUT2D eigenvalue weighted by Gasteiger charge is -2.41. The summed E-state index contributed by atoms with van der Waals surface area (Å²) in [4.78, 5) is 44.8. The second kappa shape index (κ2) is 10.3. The van der Waals surface area contributed by atoms with Crippen LogP contribution in [0.2, 0.25) is 0 Å². The van der Waals surface area contributed by atoms with E-state index in [1.807, 2.05) is 60.8 Å². The molecule has 1 saturated carbocycles. The highest BCUT2D eigenvalue weighted by Gasteiger charge is 2.43. The number of fused-ring (bicyclic) bond motifs is 1. The summed E-state index contributed by atoms with van der Waals surface area (Å²) in [5, 5.41) is 6.96. The van der Waals surface area contributed by atoms with Gasteiger partial charge in [-0.3, -0.25) is 14.4 Å². The maximum absolute atomic E-state index is 13.7. The number of piperazine rings is 1. The van der Waals surface area contributed by atoms with Gasteiger partial charge in [-0.15, -0.1) is 0 Å². The summed E-state index contributed by atoms with van der Waals surface area (Å²) < 4.78 is 0. The summed E-state index contributed by atoms with van der Waals surface area (Å²) in [5.41, 5.74) is 2.97. The maximum Gasteiger partial charge on any atom is 0.246 e. The topological polar surface area (TPSA) is 94.3 Å². The third kappa shape index (κ3) is 5.09. The lowest BCUT2D eigenvalue weighted by molar-refractivity contribution is -0.152. The molecule has 1 unspecified atom stereocenters. The van der Waals surface area contributed by atoms with Gasteiger partial charge in [0, 0.05) is 30.1 Å². The van der Waals surface area contributed by atoms with E-state index in [1.54, 1.807) is 4.90 Å². The molecule has 1 aromatic heterocycles. The molecule has 35 heavy (non-hydrogen) atoms. The molecule has 2 fully saturated rings. The average Bonchev–Trinajstić information content (AvgIpc) is 3.29. The van der Waals surface area contributed by atoms with E-state index in [-0.39, 0.29) is 30.2 Å². The van der Waals surface area contributed by atoms with Gasteiger partial charge in [-0.1, -0.05) is 67.8 Å². The Kier molecular flexibility index (Phi) is 6.84. The molecule has 0 bridgehead atoms. The van der Waals surface area contributed by atoms with Crippen LogP contribution < -0.4 is 10.6 Å². The highest BCUT2D eigenvalue weighted by molar-refractivity contribution is 5.98. The summed E-state index contributed by atoms with van der Waals surface area (Å²) in [6.45, 7) is 0.318. The van der Waals surface area contributed by atoms with Gasteiger partial charge in [0.15, 0.2) is 0 Å². The Morgan fingerprint density at radius 1 is 1.00 bits per heavy atom. The number of nitrogens with zero attached hydrogens (tertiary/aromatic N) is 1. The lowest BCUT2D eigenvalue weighted by Crippen LogP contribution is -2.65. The number of hydrogen-bond donors (Lipinski definition) is 3. The second-order valence-electron chi connectivity index (χ2n) is 9.70. The lowest BCUT2D eigenvalue weighted by atomic mass is 9.82. The predicted molar refractivity (Wildman–Crippen MR) is 134 cm³/mol. The molecule has 1 aliphatic heterocycles. The number of hydrogen-bond acceptors (Lipinski definition) is 3. The standard InChI is InChI=1S/C28H32N4O3/c33-25-18-32(28(35)24(31-25)15-21-17-29-23-14-8-7-13-22(21)23)26(20-11-5-2-6-12-20)27(34)30-16-19-9-3-1-4-10-19/h1,3-4,7-10,13-14,17,20,24,26,29H,2,5-6,11-12,15-16,18H2,(H,30,34)(H,31,33)/t24-,26?/m1/s1. The van der Waals surface area contributed by atoms with E-state index in [9.17, 15) is 14.4 Å². The van der Waals surface area contributed by atoms with E-state index in [4.69, 9.17) is 0 Å². The average molecular weight is 473 g/mol. The summed E-state index contributed by atoms with van der Waals surface area (Å²) in [5.74, 6) is -0.510. The number of carbonyl (C=O) groups excluding carboxylic acids is 3. The van der Waals surface area contributed by atoms with E-state index in [0.29, 0.717) is 13.0 Å². The van der Waals surface area contributed by atoms with Crippen molar-refractivity contribution in [2.75, 3.05) is 6.54 Å². The normalized spacial score (nSPS) is 20.0. The van der Waals surface area contributed by atoms with Crippen molar-refractivity contribution < 1.29 is 14.4 Å². The van der Waals surface area contributed by atoms with Crippen LogP contribution in [-0.4, -0.2) is 46.2 Å². The second-order valence-corrected chi connectivity index (χ2v) is 9.70. The van der Waals surface area contributed by atoms with Crippen molar-refractivity contribution in [3.8, 4) is 0 Å². The van der Waals surface area contributed by atoms with Crippen LogP contribution in [0.1, 0.15) is 43.2 Å². The number of nitrogens with one attached hydrogen (secondary N) is 3. The predicted octanol–water partition coefficient (Wildman–Crippen LogP) is 3.30. The first-order valence-corrected chi connectivity index (χ1v) is 12.6. The molecule has 3 amide bonds. The molecule has 5 rings (SSSR count). The van der Waals surface area contributed by atoms with E-state index < -0.39 is 12.1 Å². The summed E-state index contributed by atoms with van der Waals surface area (Å²) >= 11 is 0. The van der Waals surface area contributed by atoms with Gasteiger partial charge in [0.05, 0.1) is 0 Å². The maximum atomic E-state index is 13.7. The molecular weight excluding hydrogens is 440 g/mol. The van der Waals surface area contributed by atoms with Crippen molar-refractivity contribution >= 4 is 28.6 Å². The molecule has 7 heteroatoms. The van der Waals surface area contributed by atoms with Gasteiger partial charge < -0.3 is 20.5 Å². The quantitative estimate of drug-likeness (QED) is 0.493. The fourth-order valence-electron chi connectivity index (χ4n) is 5.58. The number of aromatic nitrogens is 1. The highest BCUT2D eigenvalue weighted by atomic mass is 16.2. The van der Waals surface area contributed by atoms with Gasteiger partial charge in [-0.25, -0.2) is 0 Å². The van der Waals surface area contributed by atoms with Crippen LogP contribution in [0.15, 0.2) is 60.8 Å². The third-order valence-electron chi connectivity index (χ3n) is 7.34. The van der Waals surface area contributed by atoms with Crippen molar-refractivity contribution in [3.63, 3.8) is 0 Å². The molecule has 7 nitrogen and oxygen atoms in total. The minimum atomic E-state index is -0.691. The Balaban J connectivity index is 1.37. The molecule has 3 aromatic rings. The van der Waals surface area contributed by atoms with Crippen molar-refractivity contribution in [2.45, 2.75) is 57.2 Å². The number of benzene rings is 2. The Bertz CT molecular complexity index is 1200. The number of H-pyrrole nitrogens is 1. The molecule has 2 aromatic carbocycles. The molecule has 182 valence electrons. The van der Waals surface area contributed by atoms with E-state index >= 15 is 0 Å². The third-order valence-corrected chi connectivity index (χ3v) is 7.34. The monoisotopic (exact) mass is 472 g/mol. The fourth-order valence-corrected chi connectivity index (χ4v) is 5.58. The number of para-hydroxylation sites is 1. The Morgan fingerprint density at radius 2 is 1.74 bits per heavy atom.